The number of methoxy groups -OCH3 is 3. The van der Waals surface area contributed by atoms with E-state index in [1.807, 2.05) is 0 Å². The summed E-state index contributed by atoms with van der Waals surface area (Å²) in [5, 5.41) is 2.84. The third-order valence-corrected chi connectivity index (χ3v) is 2.53. The number of carbonyl (C=O) groups is 1. The first-order chi connectivity index (χ1) is 8.67. The molecule has 1 aromatic carbocycles. The molecule has 1 rings (SSSR count). The third-order valence-electron chi connectivity index (χ3n) is 2.53. The largest absolute Gasteiger partial charge is 0.497 e. The molecular weight excluding hydrogens is 234 g/mol. The first kappa shape index (κ1) is 14.5. The minimum absolute atomic E-state index is 0.0379. The second-order valence-electron chi connectivity index (χ2n) is 3.75. The minimum atomic E-state index is -0.0379. The molecule has 0 unspecified atom stereocenters. The van der Waals surface area contributed by atoms with E-state index in [1.165, 1.54) is 7.11 Å². The van der Waals surface area contributed by atoms with Crippen molar-refractivity contribution in [3.05, 3.63) is 23.3 Å². The molecule has 0 aromatic heterocycles. The molecule has 0 saturated carbocycles. The number of likely N-dealkylation sites (N-methyl/N-ethyl adjacent to an activating group) is 1. The van der Waals surface area contributed by atoms with Crippen LogP contribution in [0.2, 0.25) is 0 Å². The van der Waals surface area contributed by atoms with Gasteiger partial charge in [-0.3, -0.25) is 4.79 Å². The molecule has 0 aliphatic rings. The van der Waals surface area contributed by atoms with Gasteiger partial charge in [0.25, 0.3) is 0 Å². The fourth-order valence-electron chi connectivity index (χ4n) is 1.76. The Morgan fingerprint density at radius 3 is 2.44 bits per heavy atom. The van der Waals surface area contributed by atoms with Crippen LogP contribution in [0.1, 0.15) is 15.9 Å². The average molecular weight is 253 g/mol. The van der Waals surface area contributed by atoms with Gasteiger partial charge in [0.1, 0.15) is 11.5 Å². The van der Waals surface area contributed by atoms with E-state index in [2.05, 4.69) is 5.32 Å². The highest BCUT2D eigenvalue weighted by Crippen LogP contribution is 2.29. The molecule has 0 atom stereocenters. The molecule has 5 nitrogen and oxygen atoms in total. The average Bonchev–Trinajstić information content (AvgIpc) is 2.38. The van der Waals surface area contributed by atoms with Crippen molar-refractivity contribution in [2.24, 2.45) is 0 Å². The van der Waals surface area contributed by atoms with Crippen molar-refractivity contribution >= 4 is 5.78 Å². The predicted octanol–water partition coefficient (Wildman–Crippen LogP) is 1.25. The molecule has 0 radical (unpaired) electrons. The highest BCUT2D eigenvalue weighted by atomic mass is 16.5. The van der Waals surface area contributed by atoms with Crippen molar-refractivity contribution in [2.45, 2.75) is 6.61 Å². The van der Waals surface area contributed by atoms with Gasteiger partial charge < -0.3 is 19.5 Å². The highest BCUT2D eigenvalue weighted by molar-refractivity contribution is 6.01. The van der Waals surface area contributed by atoms with Gasteiger partial charge in [0, 0.05) is 13.2 Å². The monoisotopic (exact) mass is 253 g/mol. The van der Waals surface area contributed by atoms with Gasteiger partial charge in [-0.2, -0.15) is 0 Å². The molecular formula is C13H19NO4. The number of rotatable bonds is 7. The highest BCUT2D eigenvalue weighted by Gasteiger charge is 2.18. The van der Waals surface area contributed by atoms with E-state index < -0.39 is 0 Å². The number of Topliss-reactive ketones (excluding diaryl/α,β-unsaturated/α-hetero) is 1. The molecule has 1 aromatic rings. The van der Waals surface area contributed by atoms with Crippen LogP contribution in [0.5, 0.6) is 11.5 Å². The zero-order valence-corrected chi connectivity index (χ0v) is 11.2. The molecule has 0 amide bonds. The molecule has 0 aliphatic carbocycles. The van der Waals surface area contributed by atoms with Gasteiger partial charge in [-0.1, -0.05) is 0 Å². The molecule has 0 saturated heterocycles. The second-order valence-corrected chi connectivity index (χ2v) is 3.75. The topological polar surface area (TPSA) is 56.8 Å². The summed E-state index contributed by atoms with van der Waals surface area (Å²) in [5.74, 6) is 1.10. The normalized spacial score (nSPS) is 10.2. The standard InChI is InChI=1S/C13H19NO4/c1-14-7-11(15)13-9(8-16-2)5-10(17-3)6-12(13)18-4/h5-6,14H,7-8H2,1-4H3. The van der Waals surface area contributed by atoms with E-state index in [1.54, 1.807) is 33.4 Å². The van der Waals surface area contributed by atoms with Gasteiger partial charge in [-0.25, -0.2) is 0 Å². The summed E-state index contributed by atoms with van der Waals surface area (Å²) < 4.78 is 15.5. The Bertz CT molecular complexity index is 418. The lowest BCUT2D eigenvalue weighted by Gasteiger charge is -2.14. The summed E-state index contributed by atoms with van der Waals surface area (Å²) in [6.07, 6.45) is 0. The van der Waals surface area contributed by atoms with Gasteiger partial charge >= 0.3 is 0 Å². The van der Waals surface area contributed by atoms with Crippen molar-refractivity contribution in [1.82, 2.24) is 5.32 Å². The number of carbonyl (C=O) groups excluding carboxylic acids is 1. The molecule has 5 heteroatoms. The van der Waals surface area contributed by atoms with Crippen LogP contribution < -0.4 is 14.8 Å². The van der Waals surface area contributed by atoms with E-state index in [-0.39, 0.29) is 12.3 Å². The van der Waals surface area contributed by atoms with Gasteiger partial charge in [0.05, 0.1) is 32.9 Å². The summed E-state index contributed by atoms with van der Waals surface area (Å²) in [4.78, 5) is 12.1. The van der Waals surface area contributed by atoms with Crippen molar-refractivity contribution in [2.75, 3.05) is 34.9 Å². The van der Waals surface area contributed by atoms with Gasteiger partial charge in [-0.05, 0) is 18.7 Å². The molecule has 100 valence electrons. The lowest BCUT2D eigenvalue weighted by Crippen LogP contribution is -2.20. The van der Waals surface area contributed by atoms with E-state index >= 15 is 0 Å². The van der Waals surface area contributed by atoms with Crippen LogP contribution >= 0.6 is 0 Å². The van der Waals surface area contributed by atoms with Gasteiger partial charge in [-0.15, -0.1) is 0 Å². The molecule has 18 heavy (non-hydrogen) atoms. The van der Waals surface area contributed by atoms with Crippen LogP contribution in [-0.2, 0) is 11.3 Å². The number of hydrogen-bond acceptors (Lipinski definition) is 5. The van der Waals surface area contributed by atoms with E-state index in [4.69, 9.17) is 14.2 Å². The van der Waals surface area contributed by atoms with Crippen molar-refractivity contribution in [3.8, 4) is 11.5 Å². The lowest BCUT2D eigenvalue weighted by atomic mass is 10.0. The Balaban J connectivity index is 3.29. The second kappa shape index (κ2) is 6.98. The first-order valence-electron chi connectivity index (χ1n) is 5.59. The van der Waals surface area contributed by atoms with E-state index in [0.29, 0.717) is 23.7 Å². The van der Waals surface area contributed by atoms with Crippen LogP contribution in [0, 0.1) is 0 Å². The van der Waals surface area contributed by atoms with Crippen LogP contribution in [0.4, 0.5) is 0 Å². The van der Waals surface area contributed by atoms with Crippen molar-refractivity contribution < 1.29 is 19.0 Å². The van der Waals surface area contributed by atoms with E-state index in [9.17, 15) is 4.79 Å². The third kappa shape index (κ3) is 3.21. The van der Waals surface area contributed by atoms with Crippen molar-refractivity contribution in [1.29, 1.82) is 0 Å². The number of hydrogen-bond donors (Lipinski definition) is 1. The number of ether oxygens (including phenoxy) is 3. The lowest BCUT2D eigenvalue weighted by molar-refractivity contribution is 0.0985. The van der Waals surface area contributed by atoms with E-state index in [0.717, 1.165) is 5.56 Å². The summed E-state index contributed by atoms with van der Waals surface area (Å²) in [7, 11) is 6.41. The Hall–Kier alpha value is -1.59. The summed E-state index contributed by atoms with van der Waals surface area (Å²) in [6, 6.07) is 3.48. The molecule has 0 aliphatic heterocycles. The molecule has 0 bridgehead atoms. The molecule has 0 heterocycles. The fourth-order valence-corrected chi connectivity index (χ4v) is 1.76. The Morgan fingerprint density at radius 1 is 1.22 bits per heavy atom. The predicted molar refractivity (Wildman–Crippen MR) is 68.5 cm³/mol. The molecule has 0 fully saturated rings. The van der Waals surface area contributed by atoms with Gasteiger partial charge in [0.2, 0.25) is 0 Å². The SMILES string of the molecule is CNCC(=O)c1c(COC)cc(OC)cc1OC. The molecule has 1 N–H and O–H groups in total. The zero-order chi connectivity index (χ0) is 13.5. The number of ketones is 1. The quantitative estimate of drug-likeness (QED) is 0.741. The number of benzene rings is 1. The smallest absolute Gasteiger partial charge is 0.180 e. The Kier molecular flexibility index (Phi) is 5.61. The zero-order valence-electron chi connectivity index (χ0n) is 11.2. The van der Waals surface area contributed by atoms with Crippen LogP contribution in [-0.4, -0.2) is 40.7 Å². The molecule has 0 spiro atoms. The fraction of sp³-hybridized carbons (Fsp3) is 0.462. The summed E-state index contributed by atoms with van der Waals surface area (Å²) in [6.45, 7) is 0.581. The summed E-state index contributed by atoms with van der Waals surface area (Å²) >= 11 is 0. The Morgan fingerprint density at radius 2 is 1.94 bits per heavy atom. The first-order valence-corrected chi connectivity index (χ1v) is 5.59. The van der Waals surface area contributed by atoms with Gasteiger partial charge in [0.15, 0.2) is 5.78 Å². The maximum Gasteiger partial charge on any atom is 0.180 e. The summed E-state index contributed by atoms with van der Waals surface area (Å²) in [5.41, 5.74) is 1.29. The minimum Gasteiger partial charge on any atom is -0.497 e. The maximum atomic E-state index is 12.1. The van der Waals surface area contributed by atoms with Crippen LogP contribution in [0.3, 0.4) is 0 Å². The van der Waals surface area contributed by atoms with Crippen LogP contribution in [0.15, 0.2) is 12.1 Å². The Labute approximate surface area is 107 Å². The van der Waals surface area contributed by atoms with Crippen molar-refractivity contribution in [3.63, 3.8) is 0 Å². The number of nitrogens with one attached hydrogen (secondary N) is 1. The van der Waals surface area contributed by atoms with Crippen LogP contribution in [0.25, 0.3) is 0 Å². The maximum absolute atomic E-state index is 12.1.